The number of hydrogen-bond donors (Lipinski definition) is 0. The molecule has 1 fully saturated rings. The van der Waals surface area contributed by atoms with Crippen molar-refractivity contribution in [3.63, 3.8) is 0 Å². The number of carbonyl (C=O) groups is 1. The largest absolute Gasteiger partial charge is 0.465 e. The van der Waals surface area contributed by atoms with Gasteiger partial charge in [-0.15, -0.1) is 5.10 Å². The molecule has 1 aromatic rings. The summed E-state index contributed by atoms with van der Waals surface area (Å²) in [6.45, 7) is 4.02. The van der Waals surface area contributed by atoms with Gasteiger partial charge in [-0.3, -0.25) is 4.79 Å². The van der Waals surface area contributed by atoms with Crippen LogP contribution < -0.4 is 0 Å². The average Bonchev–Trinajstić information content (AvgIpc) is 2.98. The van der Waals surface area contributed by atoms with Gasteiger partial charge in [0.1, 0.15) is 5.25 Å². The first-order valence-electron chi connectivity index (χ1n) is 6.33. The molecule has 18 heavy (non-hydrogen) atoms. The second-order valence-corrected chi connectivity index (χ2v) is 5.66. The van der Waals surface area contributed by atoms with E-state index < -0.39 is 0 Å². The highest BCUT2D eigenvalue weighted by molar-refractivity contribution is 8.00. The minimum absolute atomic E-state index is 0.219. The topological polar surface area (TPSA) is 69.9 Å². The number of thioether (sulfide) groups is 1. The number of esters is 1. The predicted octanol–water partition coefficient (Wildman–Crippen LogP) is 1.83. The van der Waals surface area contributed by atoms with E-state index in [1.807, 2.05) is 11.6 Å². The smallest absolute Gasteiger partial charge is 0.319 e. The molecule has 0 aliphatic heterocycles. The molecule has 0 N–H and O–H groups in total. The van der Waals surface area contributed by atoms with Gasteiger partial charge in [0.05, 0.1) is 12.6 Å². The van der Waals surface area contributed by atoms with Crippen LogP contribution in [0.3, 0.4) is 0 Å². The maximum atomic E-state index is 11.6. The van der Waals surface area contributed by atoms with E-state index in [9.17, 15) is 4.79 Å². The lowest BCUT2D eigenvalue weighted by Gasteiger charge is -2.13. The first-order valence-corrected chi connectivity index (χ1v) is 7.21. The fraction of sp³-hybridized carbons (Fsp3) is 0.818. The third kappa shape index (κ3) is 3.01. The Morgan fingerprint density at radius 3 is 2.94 bits per heavy atom. The Bertz CT molecular complexity index is 404. The Morgan fingerprint density at radius 2 is 2.28 bits per heavy atom. The highest BCUT2D eigenvalue weighted by Gasteiger charge is 2.24. The number of aromatic nitrogens is 4. The molecule has 1 atom stereocenters. The van der Waals surface area contributed by atoms with E-state index in [4.69, 9.17) is 4.74 Å². The Balaban J connectivity index is 2.00. The molecule has 0 bridgehead atoms. The van der Waals surface area contributed by atoms with Gasteiger partial charge in [0.2, 0.25) is 5.16 Å². The van der Waals surface area contributed by atoms with E-state index in [0.29, 0.717) is 17.8 Å². The fourth-order valence-electron chi connectivity index (χ4n) is 2.11. The van der Waals surface area contributed by atoms with Crippen LogP contribution in [0.5, 0.6) is 0 Å². The summed E-state index contributed by atoms with van der Waals surface area (Å²) in [5.74, 6) is -0.219. The zero-order valence-electron chi connectivity index (χ0n) is 10.7. The Kier molecular flexibility index (Phi) is 4.57. The standard InChI is InChI=1S/C11H18N4O2S/c1-3-17-10(16)8(2)18-11-12-13-14-15(11)9-6-4-5-7-9/h8-9H,3-7H2,1-2H3. The van der Waals surface area contributed by atoms with E-state index in [-0.39, 0.29) is 11.2 Å². The van der Waals surface area contributed by atoms with Crippen LogP contribution in [-0.4, -0.2) is 38.0 Å². The average molecular weight is 270 g/mol. The minimum Gasteiger partial charge on any atom is -0.465 e. The number of nitrogens with zero attached hydrogens (tertiary/aromatic N) is 4. The van der Waals surface area contributed by atoms with E-state index in [1.165, 1.54) is 24.6 Å². The number of rotatable bonds is 5. The lowest BCUT2D eigenvalue weighted by molar-refractivity contribution is -0.142. The molecule has 1 saturated carbocycles. The maximum absolute atomic E-state index is 11.6. The second-order valence-electron chi connectivity index (χ2n) is 4.36. The normalized spacial score (nSPS) is 17.9. The molecule has 0 saturated heterocycles. The molecule has 7 heteroatoms. The van der Waals surface area contributed by atoms with Crippen molar-refractivity contribution in [2.75, 3.05) is 6.61 Å². The molecule has 1 aliphatic rings. The fourth-order valence-corrected chi connectivity index (χ4v) is 2.96. The first-order chi connectivity index (χ1) is 8.72. The molecule has 0 amide bonds. The van der Waals surface area contributed by atoms with Crippen molar-refractivity contribution in [3.05, 3.63) is 0 Å². The minimum atomic E-state index is -0.281. The summed E-state index contributed by atoms with van der Waals surface area (Å²) in [5, 5.41) is 12.2. The Labute approximate surface area is 110 Å². The maximum Gasteiger partial charge on any atom is 0.319 e. The van der Waals surface area contributed by atoms with Crippen LogP contribution in [0, 0.1) is 0 Å². The molecule has 1 unspecified atom stereocenters. The van der Waals surface area contributed by atoms with Crippen LogP contribution in [0.25, 0.3) is 0 Å². The van der Waals surface area contributed by atoms with Crippen LogP contribution in [0.4, 0.5) is 0 Å². The summed E-state index contributed by atoms with van der Waals surface area (Å²) in [6, 6.07) is 0.386. The van der Waals surface area contributed by atoms with Crippen LogP contribution in [0.15, 0.2) is 5.16 Å². The van der Waals surface area contributed by atoms with Gasteiger partial charge in [-0.05, 0) is 37.1 Å². The van der Waals surface area contributed by atoms with Crippen molar-refractivity contribution in [2.24, 2.45) is 0 Å². The van der Waals surface area contributed by atoms with E-state index in [0.717, 1.165) is 12.8 Å². The van der Waals surface area contributed by atoms with Gasteiger partial charge in [-0.25, -0.2) is 4.68 Å². The quantitative estimate of drug-likeness (QED) is 0.600. The number of ether oxygens (including phenoxy) is 1. The monoisotopic (exact) mass is 270 g/mol. The van der Waals surface area contributed by atoms with Crippen LogP contribution in [-0.2, 0) is 9.53 Å². The number of tetrazole rings is 1. The molecule has 100 valence electrons. The van der Waals surface area contributed by atoms with Crippen molar-refractivity contribution < 1.29 is 9.53 Å². The Hall–Kier alpha value is -1.11. The molecule has 1 aliphatic carbocycles. The van der Waals surface area contributed by atoms with Gasteiger partial charge in [0.25, 0.3) is 0 Å². The molecular formula is C11H18N4O2S. The van der Waals surface area contributed by atoms with Gasteiger partial charge < -0.3 is 4.74 Å². The zero-order chi connectivity index (χ0) is 13.0. The predicted molar refractivity (Wildman–Crippen MR) is 67.3 cm³/mol. The molecule has 6 nitrogen and oxygen atoms in total. The summed E-state index contributed by atoms with van der Waals surface area (Å²) in [7, 11) is 0. The highest BCUT2D eigenvalue weighted by Crippen LogP contribution is 2.32. The van der Waals surface area contributed by atoms with Gasteiger partial charge in [-0.1, -0.05) is 24.6 Å². The molecule has 1 aromatic heterocycles. The van der Waals surface area contributed by atoms with Gasteiger partial charge in [0.15, 0.2) is 0 Å². The summed E-state index contributed by atoms with van der Waals surface area (Å²) in [6.07, 6.45) is 4.68. The Morgan fingerprint density at radius 1 is 1.56 bits per heavy atom. The van der Waals surface area contributed by atoms with Gasteiger partial charge >= 0.3 is 5.97 Å². The van der Waals surface area contributed by atoms with E-state index in [2.05, 4.69) is 15.5 Å². The van der Waals surface area contributed by atoms with Crippen molar-refractivity contribution in [3.8, 4) is 0 Å². The van der Waals surface area contributed by atoms with E-state index >= 15 is 0 Å². The third-order valence-corrected chi connectivity index (χ3v) is 4.06. The van der Waals surface area contributed by atoms with Gasteiger partial charge in [-0.2, -0.15) is 0 Å². The van der Waals surface area contributed by atoms with Crippen molar-refractivity contribution in [1.82, 2.24) is 20.2 Å². The highest BCUT2D eigenvalue weighted by atomic mass is 32.2. The third-order valence-electron chi connectivity index (χ3n) is 3.03. The summed E-state index contributed by atoms with van der Waals surface area (Å²) in [5.41, 5.74) is 0. The molecule has 0 aromatic carbocycles. The van der Waals surface area contributed by atoms with Crippen LogP contribution in [0.2, 0.25) is 0 Å². The first kappa shape index (κ1) is 13.3. The van der Waals surface area contributed by atoms with Crippen LogP contribution in [0.1, 0.15) is 45.6 Å². The lowest BCUT2D eigenvalue weighted by atomic mass is 10.3. The SMILES string of the molecule is CCOC(=O)C(C)Sc1nnnn1C1CCCC1. The lowest BCUT2D eigenvalue weighted by Crippen LogP contribution is -2.18. The molecular weight excluding hydrogens is 252 g/mol. The number of hydrogen-bond acceptors (Lipinski definition) is 6. The molecule has 1 heterocycles. The number of carbonyl (C=O) groups excluding carboxylic acids is 1. The van der Waals surface area contributed by atoms with Gasteiger partial charge in [0, 0.05) is 0 Å². The molecule has 0 spiro atoms. The van der Waals surface area contributed by atoms with Crippen molar-refractivity contribution >= 4 is 17.7 Å². The van der Waals surface area contributed by atoms with Crippen LogP contribution >= 0.6 is 11.8 Å². The summed E-state index contributed by atoms with van der Waals surface area (Å²) in [4.78, 5) is 11.6. The summed E-state index contributed by atoms with van der Waals surface area (Å²) < 4.78 is 6.83. The van der Waals surface area contributed by atoms with E-state index in [1.54, 1.807) is 6.92 Å². The zero-order valence-corrected chi connectivity index (χ0v) is 11.5. The van der Waals surface area contributed by atoms with Crippen molar-refractivity contribution in [1.29, 1.82) is 0 Å². The second kappa shape index (κ2) is 6.17. The van der Waals surface area contributed by atoms with Crippen molar-refractivity contribution in [2.45, 2.75) is 56.0 Å². The summed E-state index contributed by atoms with van der Waals surface area (Å²) >= 11 is 1.36. The molecule has 0 radical (unpaired) electrons. The molecule has 2 rings (SSSR count).